The molecule has 150 valence electrons. The number of furan rings is 1. The van der Waals surface area contributed by atoms with E-state index < -0.39 is 0 Å². The van der Waals surface area contributed by atoms with Crippen LogP contribution in [0.25, 0.3) is 0 Å². The highest BCUT2D eigenvalue weighted by molar-refractivity contribution is 6.31. The molecular weight excluding hydrogens is 380 g/mol. The molecule has 2 amide bonds. The van der Waals surface area contributed by atoms with Crippen LogP contribution >= 0.6 is 11.6 Å². The number of piperidine rings is 1. The Labute approximate surface area is 169 Å². The molecule has 1 fully saturated rings. The molecule has 1 saturated heterocycles. The fraction of sp³-hybridized carbons (Fsp3) is 0.429. The van der Waals surface area contributed by atoms with E-state index in [1.54, 1.807) is 17.0 Å². The van der Waals surface area contributed by atoms with Crippen molar-refractivity contribution >= 4 is 23.4 Å². The summed E-state index contributed by atoms with van der Waals surface area (Å²) in [6.07, 6.45) is 3.13. The van der Waals surface area contributed by atoms with Crippen LogP contribution in [-0.2, 0) is 11.3 Å². The van der Waals surface area contributed by atoms with Gasteiger partial charge in [0.1, 0.15) is 0 Å². The average molecular weight is 405 g/mol. The molecule has 0 aliphatic carbocycles. The number of carbonyl (C=O) groups is 2. The molecule has 0 radical (unpaired) electrons. The fourth-order valence-electron chi connectivity index (χ4n) is 3.44. The van der Waals surface area contributed by atoms with Crippen molar-refractivity contribution in [2.75, 3.05) is 20.2 Å². The largest absolute Gasteiger partial charge is 0.468 e. The Morgan fingerprint density at radius 2 is 2.11 bits per heavy atom. The highest BCUT2D eigenvalue weighted by atomic mass is 35.5. The minimum Gasteiger partial charge on any atom is -0.468 e. The lowest BCUT2D eigenvalue weighted by Crippen LogP contribution is -2.40. The zero-order valence-electron chi connectivity index (χ0n) is 15.9. The molecule has 0 spiro atoms. The topological polar surface area (TPSA) is 71.8 Å². The molecule has 1 aliphatic rings. The standard InChI is InChI=1S/C21H25ClN2O4/c1-27-20-11-9-18(28-20)21(26)24-12-4-5-15(14-24)8-10-19(25)23-13-16-6-2-3-7-17(16)22/h2-3,6-7,9,11,15H,4-5,8,10,12-14H2,1H3,(H,23,25)/t15-/m0/s1. The van der Waals surface area contributed by atoms with Crippen molar-refractivity contribution in [3.8, 4) is 5.95 Å². The van der Waals surface area contributed by atoms with E-state index in [1.807, 2.05) is 24.3 Å². The molecule has 6 nitrogen and oxygen atoms in total. The zero-order valence-corrected chi connectivity index (χ0v) is 16.7. The predicted molar refractivity (Wildman–Crippen MR) is 106 cm³/mol. The lowest BCUT2D eigenvalue weighted by Gasteiger charge is -2.32. The van der Waals surface area contributed by atoms with Gasteiger partial charge in [-0.1, -0.05) is 29.8 Å². The third-order valence-corrected chi connectivity index (χ3v) is 5.38. The summed E-state index contributed by atoms with van der Waals surface area (Å²) in [6.45, 7) is 1.77. The molecule has 28 heavy (non-hydrogen) atoms. The molecule has 1 aliphatic heterocycles. The molecule has 7 heteroatoms. The van der Waals surface area contributed by atoms with E-state index in [0.29, 0.717) is 42.9 Å². The summed E-state index contributed by atoms with van der Waals surface area (Å²) in [4.78, 5) is 26.6. The number of rotatable bonds is 7. The van der Waals surface area contributed by atoms with E-state index >= 15 is 0 Å². The van der Waals surface area contributed by atoms with Gasteiger partial charge >= 0.3 is 0 Å². The van der Waals surface area contributed by atoms with Crippen LogP contribution < -0.4 is 10.1 Å². The summed E-state index contributed by atoms with van der Waals surface area (Å²) in [6, 6.07) is 10.7. The number of methoxy groups -OCH3 is 1. The van der Waals surface area contributed by atoms with Gasteiger partial charge in [0.15, 0.2) is 5.76 Å². The molecule has 2 aromatic rings. The van der Waals surface area contributed by atoms with Crippen LogP contribution in [0.5, 0.6) is 5.95 Å². The molecule has 0 unspecified atom stereocenters. The van der Waals surface area contributed by atoms with Gasteiger partial charge in [-0.25, -0.2) is 0 Å². The molecular formula is C21H25ClN2O4. The van der Waals surface area contributed by atoms with Crippen LogP contribution in [0.1, 0.15) is 41.8 Å². The van der Waals surface area contributed by atoms with Gasteiger partial charge in [0.2, 0.25) is 5.91 Å². The Bertz CT molecular complexity index is 820. The van der Waals surface area contributed by atoms with Crippen molar-refractivity contribution in [3.05, 3.63) is 52.7 Å². The second kappa shape index (κ2) is 9.64. The van der Waals surface area contributed by atoms with Crippen molar-refractivity contribution in [1.29, 1.82) is 0 Å². The molecule has 0 bridgehead atoms. The van der Waals surface area contributed by atoms with Gasteiger partial charge < -0.3 is 19.4 Å². The Hall–Kier alpha value is -2.47. The summed E-state index contributed by atoms with van der Waals surface area (Å²) in [5, 5.41) is 3.57. The Balaban J connectivity index is 1.45. The Morgan fingerprint density at radius 3 is 2.86 bits per heavy atom. The SMILES string of the molecule is COc1ccc(C(=O)N2CCC[C@@H](CCC(=O)NCc3ccccc3Cl)C2)o1. The normalized spacial score (nSPS) is 16.6. The second-order valence-corrected chi connectivity index (χ2v) is 7.40. The number of carbonyl (C=O) groups excluding carboxylic acids is 2. The van der Waals surface area contributed by atoms with Gasteiger partial charge in [-0.15, -0.1) is 0 Å². The third-order valence-electron chi connectivity index (χ3n) is 5.01. The lowest BCUT2D eigenvalue weighted by molar-refractivity contribution is -0.121. The molecule has 1 atom stereocenters. The quantitative estimate of drug-likeness (QED) is 0.759. The van der Waals surface area contributed by atoms with Crippen LogP contribution in [0.2, 0.25) is 5.02 Å². The van der Waals surface area contributed by atoms with Crippen molar-refractivity contribution in [2.24, 2.45) is 5.92 Å². The maximum Gasteiger partial charge on any atom is 0.289 e. The minimum atomic E-state index is -0.129. The average Bonchev–Trinajstić information content (AvgIpc) is 3.20. The second-order valence-electron chi connectivity index (χ2n) is 6.99. The Morgan fingerprint density at radius 1 is 1.29 bits per heavy atom. The van der Waals surface area contributed by atoms with Crippen LogP contribution in [0, 0.1) is 5.92 Å². The summed E-state index contributed by atoms with van der Waals surface area (Å²) >= 11 is 6.11. The zero-order chi connectivity index (χ0) is 19.9. The molecule has 1 aromatic carbocycles. The van der Waals surface area contributed by atoms with Crippen molar-refractivity contribution < 1.29 is 18.7 Å². The van der Waals surface area contributed by atoms with Crippen LogP contribution in [-0.4, -0.2) is 36.9 Å². The summed E-state index contributed by atoms with van der Waals surface area (Å²) in [5.74, 6) is 0.790. The van der Waals surface area contributed by atoms with Gasteiger partial charge in [-0.3, -0.25) is 9.59 Å². The van der Waals surface area contributed by atoms with Gasteiger partial charge in [-0.2, -0.15) is 0 Å². The summed E-state index contributed by atoms with van der Waals surface area (Å²) < 4.78 is 10.4. The molecule has 0 saturated carbocycles. The monoisotopic (exact) mass is 404 g/mol. The lowest BCUT2D eigenvalue weighted by atomic mass is 9.93. The van der Waals surface area contributed by atoms with Crippen LogP contribution in [0.3, 0.4) is 0 Å². The number of ether oxygens (including phenoxy) is 1. The smallest absolute Gasteiger partial charge is 0.289 e. The highest BCUT2D eigenvalue weighted by Crippen LogP contribution is 2.24. The number of nitrogens with one attached hydrogen (secondary N) is 1. The number of amides is 2. The molecule has 1 N–H and O–H groups in total. The van der Waals surface area contributed by atoms with E-state index in [0.717, 1.165) is 24.8 Å². The van der Waals surface area contributed by atoms with E-state index in [1.165, 1.54) is 7.11 Å². The first-order valence-corrected chi connectivity index (χ1v) is 9.88. The molecule has 3 rings (SSSR count). The van der Waals surface area contributed by atoms with Crippen LogP contribution in [0.15, 0.2) is 40.8 Å². The maximum atomic E-state index is 12.6. The summed E-state index contributed by atoms with van der Waals surface area (Å²) in [5.41, 5.74) is 0.904. The summed E-state index contributed by atoms with van der Waals surface area (Å²) in [7, 11) is 1.50. The highest BCUT2D eigenvalue weighted by Gasteiger charge is 2.26. The first-order chi connectivity index (χ1) is 13.6. The number of benzene rings is 1. The first-order valence-electron chi connectivity index (χ1n) is 9.50. The third kappa shape index (κ3) is 5.29. The predicted octanol–water partition coefficient (Wildman–Crippen LogP) is 3.89. The van der Waals surface area contributed by atoms with E-state index in [2.05, 4.69) is 5.32 Å². The number of likely N-dealkylation sites (tertiary alicyclic amines) is 1. The van der Waals surface area contributed by atoms with E-state index in [-0.39, 0.29) is 17.6 Å². The van der Waals surface area contributed by atoms with Crippen molar-refractivity contribution in [2.45, 2.75) is 32.2 Å². The molecule has 2 heterocycles. The van der Waals surface area contributed by atoms with E-state index in [9.17, 15) is 9.59 Å². The first kappa shape index (κ1) is 20.3. The number of hydrogen-bond donors (Lipinski definition) is 1. The number of hydrogen-bond acceptors (Lipinski definition) is 4. The van der Waals surface area contributed by atoms with Gasteiger partial charge in [-0.05, 0) is 42.9 Å². The van der Waals surface area contributed by atoms with Gasteiger partial charge in [0, 0.05) is 37.1 Å². The minimum absolute atomic E-state index is 0.000796. The Kier molecular flexibility index (Phi) is 6.98. The van der Waals surface area contributed by atoms with Crippen molar-refractivity contribution in [1.82, 2.24) is 10.2 Å². The number of halogens is 1. The number of nitrogens with zero attached hydrogens (tertiary/aromatic N) is 1. The van der Waals surface area contributed by atoms with Gasteiger partial charge in [0.05, 0.1) is 7.11 Å². The van der Waals surface area contributed by atoms with Crippen LogP contribution in [0.4, 0.5) is 0 Å². The van der Waals surface area contributed by atoms with Crippen molar-refractivity contribution in [3.63, 3.8) is 0 Å². The van der Waals surface area contributed by atoms with Gasteiger partial charge in [0.25, 0.3) is 11.9 Å². The fourth-order valence-corrected chi connectivity index (χ4v) is 3.65. The van der Waals surface area contributed by atoms with E-state index in [4.69, 9.17) is 20.8 Å². The molecule has 1 aromatic heterocycles. The maximum absolute atomic E-state index is 12.6.